The summed E-state index contributed by atoms with van der Waals surface area (Å²) in [6.07, 6.45) is 5.07. The van der Waals surface area contributed by atoms with E-state index in [-0.39, 0.29) is 43.6 Å². The average Bonchev–Trinajstić information content (AvgIpc) is 3.53. The van der Waals surface area contributed by atoms with Gasteiger partial charge in [-0.25, -0.2) is 0 Å². The first-order valence-corrected chi connectivity index (χ1v) is 17.0. The number of hydrogen-bond acceptors (Lipinski definition) is 11. The fourth-order valence-electron chi connectivity index (χ4n) is 4.20. The van der Waals surface area contributed by atoms with Crippen molar-refractivity contribution < 1.29 is 37.6 Å². The summed E-state index contributed by atoms with van der Waals surface area (Å²) in [7, 11) is -4.10. The summed E-state index contributed by atoms with van der Waals surface area (Å²) in [6.45, 7) is 1.21. The van der Waals surface area contributed by atoms with Crippen molar-refractivity contribution in [2.24, 2.45) is 0 Å². The summed E-state index contributed by atoms with van der Waals surface area (Å²) >= 11 is 8.52. The van der Waals surface area contributed by atoms with E-state index in [0.717, 1.165) is 43.6 Å². The number of benzene rings is 1. The summed E-state index contributed by atoms with van der Waals surface area (Å²) in [4.78, 5) is 52.8. The smallest absolute Gasteiger partial charge is 0.323 e. The highest BCUT2D eigenvalue weighted by molar-refractivity contribution is 8.30. The van der Waals surface area contributed by atoms with Gasteiger partial charge in [0, 0.05) is 18.0 Å². The Morgan fingerprint density at radius 2 is 1.77 bits per heavy atom. The van der Waals surface area contributed by atoms with E-state index in [9.17, 15) is 32.7 Å². The number of carbonyl (C=O) groups excluding carboxylic acids is 1. The second-order valence-corrected chi connectivity index (χ2v) is 14.5. The molecular weight excluding hydrogens is 659 g/mol. The van der Waals surface area contributed by atoms with Crippen LogP contribution in [0.3, 0.4) is 0 Å². The second kappa shape index (κ2) is 13.6. The van der Waals surface area contributed by atoms with Gasteiger partial charge in [0.15, 0.2) is 0 Å². The molecule has 1 fully saturated rings. The zero-order chi connectivity index (χ0) is 31.5. The predicted molar refractivity (Wildman–Crippen MR) is 170 cm³/mol. The molecule has 1 aromatic heterocycles. The van der Waals surface area contributed by atoms with Crippen molar-refractivity contribution in [3.63, 3.8) is 0 Å². The quantitative estimate of drug-likeness (QED) is 0.232. The third kappa shape index (κ3) is 7.84. The van der Waals surface area contributed by atoms with Gasteiger partial charge in [-0.3, -0.25) is 33.2 Å². The van der Waals surface area contributed by atoms with Gasteiger partial charge in [-0.15, -0.1) is 11.3 Å². The number of amides is 1. The number of carboxylic acids is 2. The number of nitrogens with zero attached hydrogens (tertiary/aromatic N) is 3. The number of para-hydroxylation sites is 1. The van der Waals surface area contributed by atoms with Crippen LogP contribution in [-0.4, -0.2) is 73.7 Å². The standard InChI is InChI=1S/C26H25N3O9S5/c1-15(6-4-9-18-27(11-5-13-43(36,37)38)16-7-2-3-8-17(16)40-18)21-23(34)28(12-10-19(30)31)25(41-21)22-24(35)29(14-20(32)33)26(39)42-22/h2-4,6-9H,5,10-14H2,1H3,(H,30,31)(H,32,33)(H,36,37,38)/b6-4?,18-9?,21-15?,25-22+. The normalized spacial score (nSPS) is 18.2. The number of carbonyl (C=O) groups is 3. The van der Waals surface area contributed by atoms with Crippen molar-refractivity contribution in [2.75, 3.05) is 23.7 Å². The van der Waals surface area contributed by atoms with Crippen molar-refractivity contribution in [3.8, 4) is 0 Å². The molecule has 0 aliphatic carbocycles. The van der Waals surface area contributed by atoms with Crippen LogP contribution < -0.4 is 19.7 Å². The van der Waals surface area contributed by atoms with Crippen LogP contribution in [0, 0.1) is 0 Å². The third-order valence-corrected chi connectivity index (χ3v) is 11.0. The molecule has 3 N–H and O–H groups in total. The van der Waals surface area contributed by atoms with Crippen molar-refractivity contribution in [3.05, 3.63) is 67.1 Å². The number of aliphatic carboxylic acids is 2. The first-order valence-electron chi connectivity index (χ1n) is 12.6. The van der Waals surface area contributed by atoms with E-state index >= 15 is 0 Å². The molecule has 43 heavy (non-hydrogen) atoms. The topological polar surface area (TPSA) is 175 Å². The van der Waals surface area contributed by atoms with E-state index < -0.39 is 40.1 Å². The lowest BCUT2D eigenvalue weighted by Gasteiger charge is -2.19. The van der Waals surface area contributed by atoms with Gasteiger partial charge in [0.05, 0.1) is 27.4 Å². The molecule has 17 heteroatoms. The minimum Gasteiger partial charge on any atom is -0.481 e. The molecule has 228 valence electrons. The maximum atomic E-state index is 13.4. The summed E-state index contributed by atoms with van der Waals surface area (Å²) in [5, 5.41) is 19.2. The molecule has 1 saturated heterocycles. The van der Waals surface area contributed by atoms with Crippen molar-refractivity contribution in [1.29, 1.82) is 0 Å². The largest absolute Gasteiger partial charge is 0.481 e. The van der Waals surface area contributed by atoms with Gasteiger partial charge in [0.2, 0.25) is 0 Å². The van der Waals surface area contributed by atoms with Gasteiger partial charge < -0.3 is 15.1 Å². The maximum Gasteiger partial charge on any atom is 0.323 e. The van der Waals surface area contributed by atoms with Crippen LogP contribution in [0.15, 0.2) is 57.2 Å². The molecule has 12 nitrogen and oxygen atoms in total. The molecule has 0 bridgehead atoms. The molecule has 0 radical (unpaired) electrons. The van der Waals surface area contributed by atoms with E-state index in [1.165, 1.54) is 16.3 Å². The summed E-state index contributed by atoms with van der Waals surface area (Å²) in [6, 6.07) is 7.61. The maximum absolute atomic E-state index is 13.4. The minimum atomic E-state index is -4.10. The van der Waals surface area contributed by atoms with Crippen molar-refractivity contribution in [1.82, 2.24) is 9.47 Å². The molecular formula is C26H25N3O9S5. The van der Waals surface area contributed by atoms with Crippen LogP contribution in [0.2, 0.25) is 0 Å². The molecule has 2 aliphatic heterocycles. The Bertz CT molecular complexity index is 1860. The average molecular weight is 684 g/mol. The van der Waals surface area contributed by atoms with Gasteiger partial charge in [0.1, 0.15) is 20.4 Å². The van der Waals surface area contributed by atoms with E-state index in [2.05, 4.69) is 0 Å². The molecule has 0 spiro atoms. The molecule has 2 aliphatic rings. The zero-order valence-corrected chi connectivity index (χ0v) is 26.5. The van der Waals surface area contributed by atoms with E-state index in [0.29, 0.717) is 12.1 Å². The van der Waals surface area contributed by atoms with Crippen LogP contribution >= 0.6 is 47.1 Å². The first-order chi connectivity index (χ1) is 20.3. The third-order valence-electron chi connectivity index (χ3n) is 6.13. The lowest BCUT2D eigenvalue weighted by atomic mass is 10.2. The Labute approximate surface area is 263 Å². The SMILES string of the molecule is CC(C=CC=C1Sc2ccccc2N1CCCS(=O)(=O)O)=c1s/c(=C2/SC(=S)N(CC(=O)O)C2=O)n(CCC(=O)O)c1=O. The van der Waals surface area contributed by atoms with Crippen molar-refractivity contribution in [2.45, 2.75) is 31.2 Å². The lowest BCUT2D eigenvalue weighted by Crippen LogP contribution is -2.36. The first kappa shape index (κ1) is 32.7. The Hall–Kier alpha value is -3.22. The fourth-order valence-corrected chi connectivity index (χ4v) is 8.35. The molecule has 0 atom stereocenters. The van der Waals surface area contributed by atoms with Crippen LogP contribution in [0.5, 0.6) is 0 Å². The molecule has 4 rings (SSSR count). The Morgan fingerprint density at radius 3 is 2.44 bits per heavy atom. The van der Waals surface area contributed by atoms with Crippen LogP contribution in [0.1, 0.15) is 19.8 Å². The molecule has 2 aromatic rings. The Balaban J connectivity index is 1.72. The number of thiocarbonyl (C=S) groups is 1. The second-order valence-electron chi connectivity index (χ2n) is 9.23. The highest BCUT2D eigenvalue weighted by Gasteiger charge is 2.35. The molecule has 3 heterocycles. The molecule has 0 saturated carbocycles. The molecule has 1 amide bonds. The minimum absolute atomic E-state index is 0.0259. The number of anilines is 1. The van der Waals surface area contributed by atoms with E-state index in [4.69, 9.17) is 21.9 Å². The van der Waals surface area contributed by atoms with Gasteiger partial charge in [-0.1, -0.05) is 60.0 Å². The number of carboxylic acid groups (broad SMARTS) is 2. The number of rotatable bonds is 11. The predicted octanol–water partition coefficient (Wildman–Crippen LogP) is 1.90. The monoisotopic (exact) mass is 683 g/mol. The highest BCUT2D eigenvalue weighted by atomic mass is 32.2. The highest BCUT2D eigenvalue weighted by Crippen LogP contribution is 2.45. The number of fused-ring (bicyclic) bond motifs is 1. The number of thiazole rings is 1. The molecule has 1 aromatic carbocycles. The van der Waals surface area contributed by atoms with Crippen LogP contribution in [-0.2, 0) is 31.0 Å². The summed E-state index contributed by atoms with van der Waals surface area (Å²) in [5.41, 5.74) is 0.952. The lowest BCUT2D eigenvalue weighted by molar-refractivity contribution is -0.140. The van der Waals surface area contributed by atoms with Gasteiger partial charge in [-0.05, 0) is 37.1 Å². The summed E-state index contributed by atoms with van der Waals surface area (Å²) in [5.74, 6) is -3.43. The van der Waals surface area contributed by atoms with Gasteiger partial charge >= 0.3 is 11.9 Å². The van der Waals surface area contributed by atoms with Crippen LogP contribution in [0.4, 0.5) is 5.69 Å². The molecule has 0 unspecified atom stereocenters. The van der Waals surface area contributed by atoms with Gasteiger partial charge in [0.25, 0.3) is 21.6 Å². The van der Waals surface area contributed by atoms with Gasteiger partial charge in [-0.2, -0.15) is 8.42 Å². The van der Waals surface area contributed by atoms with Crippen molar-refractivity contribution >= 4 is 95.5 Å². The number of hydrogen-bond donors (Lipinski definition) is 3. The van der Waals surface area contributed by atoms with E-state index in [1.807, 2.05) is 35.2 Å². The van der Waals surface area contributed by atoms with Crippen LogP contribution in [0.25, 0.3) is 10.5 Å². The zero-order valence-electron chi connectivity index (χ0n) is 22.5. The fraction of sp³-hybridized carbons (Fsp3) is 0.269. The number of thioether (sulfide) groups is 2. The number of allylic oxidation sites excluding steroid dienone is 3. The van der Waals surface area contributed by atoms with E-state index in [1.54, 1.807) is 19.1 Å². The Kier molecular flexibility index (Phi) is 10.3. The Morgan fingerprint density at radius 1 is 1.05 bits per heavy atom. The number of aromatic nitrogens is 1. The summed E-state index contributed by atoms with van der Waals surface area (Å²) < 4.78 is 33.2.